The molecule has 2 heteroatoms. The van der Waals surface area contributed by atoms with Crippen LogP contribution < -0.4 is 10.9 Å². The molecule has 0 bridgehead atoms. The number of nitrogens with one attached hydrogen (secondary N) is 1. The summed E-state index contributed by atoms with van der Waals surface area (Å²) in [7, 11) is 0. The fraction of sp³-hybridized carbons (Fsp3) is 0.714. The highest BCUT2D eigenvalue weighted by molar-refractivity contribution is 5.19. The van der Waals surface area contributed by atoms with Gasteiger partial charge >= 0.3 is 0 Å². The Bertz CT molecular complexity index is 133. The highest BCUT2D eigenvalue weighted by atomic mass is 15.4. The van der Waals surface area contributed by atoms with E-state index in [9.17, 15) is 0 Å². The topological polar surface area (TPSA) is 26.1 Å². The van der Waals surface area contributed by atoms with Crippen molar-refractivity contribution in [3.8, 4) is 0 Å². The van der Waals surface area contributed by atoms with E-state index in [1.54, 1.807) is 5.57 Å². The molecule has 0 amide bonds. The lowest BCUT2D eigenvalue weighted by Crippen LogP contribution is -2.15. The third kappa shape index (κ3) is 0.833. The Morgan fingerprint density at radius 2 is 2.11 bits per heavy atom. The minimum atomic E-state index is 0.954. The zero-order chi connectivity index (χ0) is 6.10. The largest absolute Gasteiger partial charge is 0.308 e. The molecule has 49 valence electrons. The predicted octanol–water partition coefficient (Wildman–Crippen LogP) is 0.937. The number of hydrogen-bond donors (Lipinski definition) is 1. The maximum atomic E-state index is 4.10. The molecular weight excluding hydrogens is 112 g/mol. The molecule has 0 atom stereocenters. The van der Waals surface area contributed by atoms with Crippen LogP contribution in [-0.4, -0.2) is 6.54 Å². The summed E-state index contributed by atoms with van der Waals surface area (Å²) in [5, 5.41) is 0. The molecule has 9 heavy (non-hydrogen) atoms. The van der Waals surface area contributed by atoms with Crippen molar-refractivity contribution in [3.63, 3.8) is 0 Å². The summed E-state index contributed by atoms with van der Waals surface area (Å²) in [6.07, 6.45) is 5.24. The molecule has 0 saturated heterocycles. The van der Waals surface area contributed by atoms with E-state index in [0.717, 1.165) is 6.54 Å². The summed E-state index contributed by atoms with van der Waals surface area (Å²) in [6.45, 7) is 0.954. The van der Waals surface area contributed by atoms with E-state index >= 15 is 0 Å². The van der Waals surface area contributed by atoms with Crippen molar-refractivity contribution in [2.75, 3.05) is 6.54 Å². The van der Waals surface area contributed by atoms with Gasteiger partial charge in [-0.3, -0.25) is 0 Å². The summed E-state index contributed by atoms with van der Waals surface area (Å²) < 4.78 is 0. The van der Waals surface area contributed by atoms with Crippen molar-refractivity contribution in [1.29, 1.82) is 0 Å². The Labute approximate surface area is 55.3 Å². The fourth-order valence-corrected chi connectivity index (χ4v) is 1.51. The SMILES string of the molecule is C1CCC2=C(C1)C[N]N2. The summed E-state index contributed by atoms with van der Waals surface area (Å²) >= 11 is 0. The molecule has 0 aromatic carbocycles. The van der Waals surface area contributed by atoms with Gasteiger partial charge in [-0.15, -0.1) is 5.43 Å². The average Bonchev–Trinajstić information content (AvgIpc) is 2.33. The summed E-state index contributed by atoms with van der Waals surface area (Å²) in [5.41, 5.74) is 10.1. The van der Waals surface area contributed by atoms with Gasteiger partial charge < -0.3 is 5.43 Å². The minimum absolute atomic E-state index is 0.954. The molecule has 0 saturated carbocycles. The van der Waals surface area contributed by atoms with E-state index in [1.165, 1.54) is 31.4 Å². The Kier molecular flexibility index (Phi) is 1.19. The summed E-state index contributed by atoms with van der Waals surface area (Å²) in [6, 6.07) is 0. The first-order valence-electron chi connectivity index (χ1n) is 3.60. The number of rotatable bonds is 0. The molecule has 0 spiro atoms. The van der Waals surface area contributed by atoms with Crippen LogP contribution in [-0.2, 0) is 0 Å². The van der Waals surface area contributed by atoms with Gasteiger partial charge in [-0.25, -0.2) is 0 Å². The molecule has 1 aliphatic carbocycles. The van der Waals surface area contributed by atoms with Crippen LogP contribution in [0.15, 0.2) is 11.3 Å². The molecule has 1 heterocycles. The van der Waals surface area contributed by atoms with Crippen molar-refractivity contribution in [3.05, 3.63) is 11.3 Å². The normalized spacial score (nSPS) is 25.8. The third-order valence-electron chi connectivity index (χ3n) is 2.07. The standard InChI is InChI=1S/C7H11N2/c1-2-4-7-6(3-1)5-8-9-7/h9H,1-5H2. The van der Waals surface area contributed by atoms with Gasteiger partial charge in [-0.05, 0) is 31.3 Å². The van der Waals surface area contributed by atoms with Gasteiger partial charge in [0.25, 0.3) is 0 Å². The number of allylic oxidation sites excluding steroid dienone is 1. The molecule has 2 rings (SSSR count). The molecule has 2 nitrogen and oxygen atoms in total. The van der Waals surface area contributed by atoms with Crippen LogP contribution >= 0.6 is 0 Å². The van der Waals surface area contributed by atoms with Crippen LogP contribution in [0, 0.1) is 0 Å². The highest BCUT2D eigenvalue weighted by Gasteiger charge is 2.17. The average molecular weight is 123 g/mol. The molecule has 2 aliphatic rings. The van der Waals surface area contributed by atoms with Crippen molar-refractivity contribution in [2.45, 2.75) is 25.7 Å². The van der Waals surface area contributed by atoms with Crippen LogP contribution in [0.2, 0.25) is 0 Å². The smallest absolute Gasteiger partial charge is 0.0588 e. The molecule has 0 aromatic rings. The van der Waals surface area contributed by atoms with E-state index < -0.39 is 0 Å². The molecular formula is C7H11N2. The molecule has 1 aliphatic heterocycles. The van der Waals surface area contributed by atoms with Crippen LogP contribution in [0.4, 0.5) is 0 Å². The zero-order valence-electron chi connectivity index (χ0n) is 5.48. The maximum absolute atomic E-state index is 4.10. The predicted molar refractivity (Wildman–Crippen MR) is 35.6 cm³/mol. The van der Waals surface area contributed by atoms with E-state index in [2.05, 4.69) is 10.9 Å². The maximum Gasteiger partial charge on any atom is 0.0588 e. The minimum Gasteiger partial charge on any atom is -0.308 e. The number of nitrogens with zero attached hydrogens (tertiary/aromatic N) is 1. The Morgan fingerprint density at radius 3 is 3.00 bits per heavy atom. The van der Waals surface area contributed by atoms with Gasteiger partial charge in [-0.2, -0.15) is 0 Å². The molecule has 1 N–H and O–H groups in total. The van der Waals surface area contributed by atoms with E-state index in [0.29, 0.717) is 0 Å². The molecule has 0 aromatic heterocycles. The molecule has 1 radical (unpaired) electrons. The Balaban J connectivity index is 2.17. The van der Waals surface area contributed by atoms with Gasteiger partial charge in [0, 0.05) is 5.70 Å². The first-order valence-corrected chi connectivity index (χ1v) is 3.60. The van der Waals surface area contributed by atoms with Crippen LogP contribution in [0.5, 0.6) is 0 Å². The van der Waals surface area contributed by atoms with Crippen molar-refractivity contribution < 1.29 is 0 Å². The Hall–Kier alpha value is -0.500. The van der Waals surface area contributed by atoms with Gasteiger partial charge in [0.1, 0.15) is 0 Å². The van der Waals surface area contributed by atoms with E-state index in [-0.39, 0.29) is 0 Å². The van der Waals surface area contributed by atoms with Crippen LogP contribution in [0.3, 0.4) is 0 Å². The van der Waals surface area contributed by atoms with Crippen molar-refractivity contribution in [1.82, 2.24) is 10.9 Å². The quantitative estimate of drug-likeness (QED) is 0.509. The van der Waals surface area contributed by atoms with Gasteiger partial charge in [0.2, 0.25) is 0 Å². The first kappa shape index (κ1) is 5.30. The van der Waals surface area contributed by atoms with E-state index in [1.807, 2.05) is 0 Å². The summed E-state index contributed by atoms with van der Waals surface area (Å²) in [4.78, 5) is 0. The van der Waals surface area contributed by atoms with Crippen molar-refractivity contribution in [2.24, 2.45) is 0 Å². The van der Waals surface area contributed by atoms with Gasteiger partial charge in [0.05, 0.1) is 6.54 Å². The monoisotopic (exact) mass is 123 g/mol. The lowest BCUT2D eigenvalue weighted by atomic mass is 9.98. The zero-order valence-corrected chi connectivity index (χ0v) is 5.48. The van der Waals surface area contributed by atoms with E-state index in [4.69, 9.17) is 0 Å². The molecule has 0 fully saturated rings. The third-order valence-corrected chi connectivity index (χ3v) is 2.07. The molecule has 0 unspecified atom stereocenters. The van der Waals surface area contributed by atoms with Gasteiger partial charge in [-0.1, -0.05) is 0 Å². The second kappa shape index (κ2) is 2.03. The van der Waals surface area contributed by atoms with Gasteiger partial charge in [0.15, 0.2) is 0 Å². The second-order valence-electron chi connectivity index (χ2n) is 2.72. The lowest BCUT2D eigenvalue weighted by Gasteiger charge is -2.10. The fourth-order valence-electron chi connectivity index (χ4n) is 1.51. The highest BCUT2D eigenvalue weighted by Crippen LogP contribution is 2.24. The van der Waals surface area contributed by atoms with Crippen LogP contribution in [0.1, 0.15) is 25.7 Å². The van der Waals surface area contributed by atoms with Crippen molar-refractivity contribution >= 4 is 0 Å². The second-order valence-corrected chi connectivity index (χ2v) is 2.72. The Morgan fingerprint density at radius 1 is 1.22 bits per heavy atom. The lowest BCUT2D eigenvalue weighted by molar-refractivity contribution is 0.635. The summed E-state index contributed by atoms with van der Waals surface area (Å²) in [5.74, 6) is 0. The van der Waals surface area contributed by atoms with Crippen LogP contribution in [0.25, 0.3) is 0 Å². The number of hydrogen-bond acceptors (Lipinski definition) is 1. The first-order chi connectivity index (χ1) is 4.47.